The number of benzene rings is 2. The van der Waals surface area contributed by atoms with Crippen LogP contribution >= 0.6 is 0 Å². The van der Waals surface area contributed by atoms with E-state index in [1.807, 2.05) is 0 Å². The zero-order valence-electron chi connectivity index (χ0n) is 16.3. The van der Waals surface area contributed by atoms with Gasteiger partial charge in [-0.25, -0.2) is 4.79 Å². The second-order valence-corrected chi connectivity index (χ2v) is 6.51. The Kier molecular flexibility index (Phi) is 6.79. The van der Waals surface area contributed by atoms with Crippen LogP contribution in [0.25, 0.3) is 0 Å². The SMILES string of the molecule is NC(=O)Nc1cccc(C(=O)Nc2ccccc2OC(CC(=O)O)c2cccnc2)c1. The molecule has 9 heteroatoms. The summed E-state index contributed by atoms with van der Waals surface area (Å²) in [5, 5.41) is 14.4. The third kappa shape index (κ3) is 6.04. The van der Waals surface area contributed by atoms with Gasteiger partial charge in [-0.15, -0.1) is 0 Å². The molecule has 0 saturated heterocycles. The summed E-state index contributed by atoms with van der Waals surface area (Å²) >= 11 is 0. The molecule has 31 heavy (non-hydrogen) atoms. The average Bonchev–Trinajstić information content (AvgIpc) is 2.74. The number of para-hydroxylation sites is 2. The molecule has 0 fully saturated rings. The molecule has 0 bridgehead atoms. The second kappa shape index (κ2) is 9.88. The van der Waals surface area contributed by atoms with Crippen molar-refractivity contribution in [1.82, 2.24) is 4.98 Å². The Hall–Kier alpha value is -4.40. The van der Waals surface area contributed by atoms with Gasteiger partial charge in [0.05, 0.1) is 12.1 Å². The van der Waals surface area contributed by atoms with Crippen LogP contribution in [0.15, 0.2) is 73.1 Å². The minimum absolute atomic E-state index is 0.283. The molecule has 0 aliphatic rings. The average molecular weight is 420 g/mol. The third-order valence-electron chi connectivity index (χ3n) is 4.21. The van der Waals surface area contributed by atoms with E-state index in [1.54, 1.807) is 60.8 Å². The molecule has 2 aromatic carbocycles. The molecule has 3 amide bonds. The molecule has 0 aliphatic heterocycles. The molecule has 1 atom stereocenters. The number of carboxylic acids is 1. The molecule has 1 heterocycles. The fourth-order valence-corrected chi connectivity index (χ4v) is 2.85. The Morgan fingerprint density at radius 3 is 2.55 bits per heavy atom. The Labute approximate surface area is 177 Å². The standard InChI is InChI=1S/C22H20N4O5/c23-22(30)25-16-7-3-5-14(11-16)21(29)26-17-8-1-2-9-18(17)31-19(12-20(27)28)15-6-4-10-24-13-15/h1-11,13,19H,12H2,(H,26,29)(H,27,28)(H3,23,25,30). The zero-order valence-corrected chi connectivity index (χ0v) is 16.3. The Morgan fingerprint density at radius 2 is 1.84 bits per heavy atom. The number of nitrogens with one attached hydrogen (secondary N) is 2. The summed E-state index contributed by atoms with van der Waals surface area (Å²) in [4.78, 5) is 39.1. The molecular formula is C22H20N4O5. The molecule has 0 saturated carbocycles. The van der Waals surface area contributed by atoms with Crippen molar-refractivity contribution in [1.29, 1.82) is 0 Å². The summed E-state index contributed by atoms with van der Waals surface area (Å²) in [5.41, 5.74) is 6.73. The summed E-state index contributed by atoms with van der Waals surface area (Å²) in [6.07, 6.45) is 2.03. The van der Waals surface area contributed by atoms with Crippen LogP contribution < -0.4 is 21.1 Å². The van der Waals surface area contributed by atoms with Gasteiger partial charge in [-0.2, -0.15) is 0 Å². The van der Waals surface area contributed by atoms with Gasteiger partial charge in [0.25, 0.3) is 5.91 Å². The second-order valence-electron chi connectivity index (χ2n) is 6.51. The summed E-state index contributed by atoms with van der Waals surface area (Å²) in [6, 6.07) is 15.6. The van der Waals surface area contributed by atoms with Crippen LogP contribution in [0.2, 0.25) is 0 Å². The van der Waals surface area contributed by atoms with E-state index in [-0.39, 0.29) is 12.0 Å². The van der Waals surface area contributed by atoms with Crippen molar-refractivity contribution in [3.63, 3.8) is 0 Å². The number of nitrogens with zero attached hydrogens (tertiary/aromatic N) is 1. The molecule has 5 N–H and O–H groups in total. The van der Waals surface area contributed by atoms with E-state index in [0.717, 1.165) is 0 Å². The first-order valence-corrected chi connectivity index (χ1v) is 9.27. The van der Waals surface area contributed by atoms with Gasteiger partial charge in [0, 0.05) is 29.2 Å². The zero-order chi connectivity index (χ0) is 22.2. The first kappa shape index (κ1) is 21.3. The molecular weight excluding hydrogens is 400 g/mol. The number of aromatic nitrogens is 1. The van der Waals surface area contributed by atoms with E-state index < -0.39 is 24.0 Å². The Balaban J connectivity index is 1.82. The molecule has 3 aromatic rings. The van der Waals surface area contributed by atoms with E-state index in [9.17, 15) is 19.5 Å². The number of rotatable bonds is 8. The summed E-state index contributed by atoms with van der Waals surface area (Å²) in [7, 11) is 0. The molecule has 1 aromatic heterocycles. The van der Waals surface area contributed by atoms with Crippen LogP contribution in [0.1, 0.15) is 28.4 Å². The number of amides is 3. The number of carbonyl (C=O) groups excluding carboxylic acids is 2. The lowest BCUT2D eigenvalue weighted by molar-refractivity contribution is -0.138. The number of nitrogens with two attached hydrogens (primary N) is 1. The van der Waals surface area contributed by atoms with Crippen molar-refractivity contribution in [2.75, 3.05) is 10.6 Å². The van der Waals surface area contributed by atoms with Crippen molar-refractivity contribution < 1.29 is 24.2 Å². The van der Waals surface area contributed by atoms with Crippen LogP contribution in [0.3, 0.4) is 0 Å². The lowest BCUT2D eigenvalue weighted by Crippen LogP contribution is -2.20. The first-order chi connectivity index (χ1) is 14.9. The lowest BCUT2D eigenvalue weighted by atomic mass is 10.1. The highest BCUT2D eigenvalue weighted by atomic mass is 16.5. The highest BCUT2D eigenvalue weighted by Gasteiger charge is 2.20. The molecule has 9 nitrogen and oxygen atoms in total. The van der Waals surface area contributed by atoms with E-state index in [1.165, 1.54) is 12.3 Å². The van der Waals surface area contributed by atoms with Gasteiger partial charge in [-0.3, -0.25) is 14.6 Å². The van der Waals surface area contributed by atoms with Gasteiger partial charge in [0.15, 0.2) is 0 Å². The Bertz CT molecular complexity index is 1090. The first-order valence-electron chi connectivity index (χ1n) is 9.27. The summed E-state index contributed by atoms with van der Waals surface area (Å²) in [5.74, 6) is -1.17. The van der Waals surface area contributed by atoms with Gasteiger partial charge < -0.3 is 26.2 Å². The topological polar surface area (TPSA) is 144 Å². The van der Waals surface area contributed by atoms with E-state index >= 15 is 0 Å². The van der Waals surface area contributed by atoms with Crippen molar-refractivity contribution in [2.24, 2.45) is 5.73 Å². The van der Waals surface area contributed by atoms with Crippen molar-refractivity contribution >= 4 is 29.3 Å². The minimum Gasteiger partial charge on any atom is -0.483 e. The maximum Gasteiger partial charge on any atom is 0.316 e. The molecule has 0 spiro atoms. The maximum atomic E-state index is 12.7. The number of anilines is 2. The quantitative estimate of drug-likeness (QED) is 0.440. The molecule has 0 radical (unpaired) electrons. The molecule has 1 unspecified atom stereocenters. The lowest BCUT2D eigenvalue weighted by Gasteiger charge is -2.20. The van der Waals surface area contributed by atoms with Gasteiger partial charge in [-0.05, 0) is 36.4 Å². The predicted octanol–water partition coefficient (Wildman–Crippen LogP) is 3.42. The number of ether oxygens (including phenoxy) is 1. The van der Waals surface area contributed by atoms with Crippen molar-refractivity contribution in [3.8, 4) is 5.75 Å². The fourth-order valence-electron chi connectivity index (χ4n) is 2.85. The van der Waals surface area contributed by atoms with E-state index in [4.69, 9.17) is 10.5 Å². The summed E-state index contributed by atoms with van der Waals surface area (Å²) in [6.45, 7) is 0. The number of hydrogen-bond acceptors (Lipinski definition) is 5. The van der Waals surface area contributed by atoms with Crippen LogP contribution in [-0.2, 0) is 4.79 Å². The normalized spacial score (nSPS) is 11.2. The number of aliphatic carboxylic acids is 1. The smallest absolute Gasteiger partial charge is 0.316 e. The maximum absolute atomic E-state index is 12.7. The molecule has 0 aliphatic carbocycles. The highest BCUT2D eigenvalue weighted by Crippen LogP contribution is 2.31. The predicted molar refractivity (Wildman–Crippen MR) is 114 cm³/mol. The number of carboxylic acid groups (broad SMARTS) is 1. The largest absolute Gasteiger partial charge is 0.483 e. The van der Waals surface area contributed by atoms with Gasteiger partial charge >= 0.3 is 12.0 Å². The van der Waals surface area contributed by atoms with Crippen molar-refractivity contribution in [3.05, 3.63) is 84.2 Å². The van der Waals surface area contributed by atoms with E-state index in [0.29, 0.717) is 22.7 Å². The van der Waals surface area contributed by atoms with E-state index in [2.05, 4.69) is 15.6 Å². The number of primary amides is 1. The number of pyridine rings is 1. The molecule has 158 valence electrons. The van der Waals surface area contributed by atoms with Gasteiger partial charge in [0.1, 0.15) is 11.9 Å². The number of urea groups is 1. The van der Waals surface area contributed by atoms with Crippen molar-refractivity contribution in [2.45, 2.75) is 12.5 Å². The van der Waals surface area contributed by atoms with Crippen LogP contribution in [0.4, 0.5) is 16.2 Å². The Morgan fingerprint density at radius 1 is 1.03 bits per heavy atom. The number of carbonyl (C=O) groups is 3. The van der Waals surface area contributed by atoms with Crippen LogP contribution in [-0.4, -0.2) is 28.0 Å². The monoisotopic (exact) mass is 420 g/mol. The molecule has 3 rings (SSSR count). The number of hydrogen-bond donors (Lipinski definition) is 4. The fraction of sp³-hybridized carbons (Fsp3) is 0.0909. The van der Waals surface area contributed by atoms with Gasteiger partial charge in [-0.1, -0.05) is 24.3 Å². The van der Waals surface area contributed by atoms with Gasteiger partial charge in [0.2, 0.25) is 0 Å². The third-order valence-corrected chi connectivity index (χ3v) is 4.21. The minimum atomic E-state index is -1.03. The van der Waals surface area contributed by atoms with Crippen LogP contribution in [0.5, 0.6) is 5.75 Å². The highest BCUT2D eigenvalue weighted by molar-refractivity contribution is 6.06. The summed E-state index contributed by atoms with van der Waals surface area (Å²) < 4.78 is 5.95. The van der Waals surface area contributed by atoms with Crippen LogP contribution in [0, 0.1) is 0 Å².